The summed E-state index contributed by atoms with van der Waals surface area (Å²) >= 11 is 0. The van der Waals surface area contributed by atoms with E-state index in [-0.39, 0.29) is 5.91 Å². The first-order valence-electron chi connectivity index (χ1n) is 11.7. The maximum atomic E-state index is 12.6. The van der Waals surface area contributed by atoms with Gasteiger partial charge in [-0.25, -0.2) is 9.97 Å². The molecule has 0 unspecified atom stereocenters. The van der Waals surface area contributed by atoms with Gasteiger partial charge in [-0.05, 0) is 81.5 Å². The van der Waals surface area contributed by atoms with Crippen molar-refractivity contribution in [1.29, 1.82) is 0 Å². The van der Waals surface area contributed by atoms with Gasteiger partial charge in [0.2, 0.25) is 5.91 Å². The summed E-state index contributed by atoms with van der Waals surface area (Å²) in [6, 6.07) is 2.04. The lowest BCUT2D eigenvalue weighted by atomic mass is 9.49. The van der Waals surface area contributed by atoms with Crippen molar-refractivity contribution < 1.29 is 4.79 Å². The van der Waals surface area contributed by atoms with E-state index in [0.717, 1.165) is 54.7 Å². The molecule has 4 saturated carbocycles. The van der Waals surface area contributed by atoms with Gasteiger partial charge < -0.3 is 15.5 Å². The molecule has 4 aliphatic carbocycles. The number of carbonyl (C=O) groups is 1. The van der Waals surface area contributed by atoms with E-state index in [4.69, 9.17) is 0 Å². The van der Waals surface area contributed by atoms with Gasteiger partial charge in [-0.2, -0.15) is 0 Å². The van der Waals surface area contributed by atoms with Gasteiger partial charge in [-0.15, -0.1) is 0 Å². The van der Waals surface area contributed by atoms with Gasteiger partial charge in [0.15, 0.2) is 0 Å². The lowest BCUT2D eigenvalue weighted by molar-refractivity contribution is -0.129. The van der Waals surface area contributed by atoms with E-state index in [2.05, 4.69) is 25.5 Å². The van der Waals surface area contributed by atoms with Crippen molar-refractivity contribution in [3.63, 3.8) is 0 Å². The Morgan fingerprint density at radius 2 is 1.72 bits per heavy atom. The summed E-state index contributed by atoms with van der Waals surface area (Å²) in [5, 5.41) is 6.53. The fourth-order valence-corrected chi connectivity index (χ4v) is 7.05. The first kappa shape index (κ1) is 19.1. The quantitative estimate of drug-likeness (QED) is 0.689. The molecule has 29 heavy (non-hydrogen) atoms. The summed E-state index contributed by atoms with van der Waals surface area (Å²) < 4.78 is 0. The van der Waals surface area contributed by atoms with E-state index in [0.29, 0.717) is 18.5 Å². The Labute approximate surface area is 174 Å². The van der Waals surface area contributed by atoms with Crippen LogP contribution in [0, 0.1) is 30.1 Å². The molecule has 6 rings (SSSR count). The zero-order valence-corrected chi connectivity index (χ0v) is 17.8. The Kier molecular flexibility index (Phi) is 5.12. The van der Waals surface area contributed by atoms with Crippen LogP contribution in [0.3, 0.4) is 0 Å². The van der Waals surface area contributed by atoms with Crippen LogP contribution in [-0.2, 0) is 4.79 Å². The zero-order chi connectivity index (χ0) is 19.8. The Balaban J connectivity index is 1.09. The molecule has 1 saturated heterocycles. The first-order valence-corrected chi connectivity index (χ1v) is 11.7. The first-order chi connectivity index (χ1) is 14.1. The number of amides is 1. The van der Waals surface area contributed by atoms with Crippen molar-refractivity contribution >= 4 is 17.5 Å². The molecule has 1 aromatic rings. The fraction of sp³-hybridized carbons (Fsp3) is 0.783. The summed E-state index contributed by atoms with van der Waals surface area (Å²) in [6.45, 7) is 5.44. The second kappa shape index (κ2) is 7.77. The minimum atomic E-state index is 0.241. The number of anilines is 2. The summed E-state index contributed by atoms with van der Waals surface area (Å²) in [5.41, 5.74) is 0.320. The number of carbonyl (C=O) groups excluding carboxylic acids is 1. The molecule has 1 aromatic heterocycles. The van der Waals surface area contributed by atoms with Gasteiger partial charge in [0.05, 0.1) is 0 Å². The highest BCUT2D eigenvalue weighted by Crippen LogP contribution is 2.61. The van der Waals surface area contributed by atoms with Crippen LogP contribution in [0.1, 0.15) is 63.6 Å². The minimum Gasteiger partial charge on any atom is -0.368 e. The number of nitrogens with zero attached hydrogens (tertiary/aromatic N) is 3. The van der Waals surface area contributed by atoms with Crippen LogP contribution in [-0.4, -0.2) is 42.1 Å². The third-order valence-corrected chi connectivity index (χ3v) is 7.71. The van der Waals surface area contributed by atoms with Gasteiger partial charge in [-0.1, -0.05) is 0 Å². The third kappa shape index (κ3) is 4.22. The van der Waals surface area contributed by atoms with E-state index in [1.54, 1.807) is 0 Å². The number of rotatable bonds is 7. The van der Waals surface area contributed by atoms with Gasteiger partial charge in [0.1, 0.15) is 17.5 Å². The van der Waals surface area contributed by atoms with Crippen molar-refractivity contribution in [2.45, 2.75) is 64.7 Å². The average Bonchev–Trinajstić information content (AvgIpc) is 3.18. The van der Waals surface area contributed by atoms with Crippen LogP contribution in [0.4, 0.5) is 11.6 Å². The highest BCUT2D eigenvalue weighted by molar-refractivity contribution is 5.76. The lowest BCUT2D eigenvalue weighted by Crippen LogP contribution is -2.48. The SMILES string of the molecule is Cc1nc(NCCNC(=O)CC23CC4CC(CC(C4)C2)C3)cc(N2CCCC2)n1. The number of aromatic nitrogens is 2. The number of nitrogens with one attached hydrogen (secondary N) is 2. The second-order valence-corrected chi connectivity index (χ2v) is 10.2. The largest absolute Gasteiger partial charge is 0.368 e. The van der Waals surface area contributed by atoms with Crippen LogP contribution in [0.5, 0.6) is 0 Å². The molecule has 2 N–H and O–H groups in total. The van der Waals surface area contributed by atoms with E-state index >= 15 is 0 Å². The monoisotopic (exact) mass is 397 g/mol. The maximum absolute atomic E-state index is 12.6. The molecule has 1 aliphatic heterocycles. The highest BCUT2D eigenvalue weighted by Gasteiger charge is 2.51. The van der Waals surface area contributed by atoms with Gasteiger partial charge in [0, 0.05) is 38.7 Å². The Hall–Kier alpha value is -1.85. The van der Waals surface area contributed by atoms with Crippen LogP contribution >= 0.6 is 0 Å². The van der Waals surface area contributed by atoms with Crippen LogP contribution in [0.2, 0.25) is 0 Å². The molecule has 4 bridgehead atoms. The highest BCUT2D eigenvalue weighted by atomic mass is 16.1. The predicted octanol–water partition coefficient (Wildman–Crippen LogP) is 3.52. The molecule has 0 aromatic carbocycles. The van der Waals surface area contributed by atoms with E-state index in [1.165, 1.54) is 51.4 Å². The van der Waals surface area contributed by atoms with Crippen molar-refractivity contribution in [2.24, 2.45) is 23.2 Å². The molecule has 5 aliphatic rings. The lowest BCUT2D eigenvalue weighted by Gasteiger charge is -2.56. The van der Waals surface area contributed by atoms with Gasteiger partial charge in [-0.3, -0.25) is 4.79 Å². The fourth-order valence-electron chi connectivity index (χ4n) is 7.05. The molecule has 1 amide bonds. The minimum absolute atomic E-state index is 0.241. The summed E-state index contributed by atoms with van der Waals surface area (Å²) in [6.07, 6.45) is 11.4. The van der Waals surface area contributed by atoms with Crippen LogP contribution < -0.4 is 15.5 Å². The van der Waals surface area contributed by atoms with Crippen molar-refractivity contribution in [1.82, 2.24) is 15.3 Å². The van der Waals surface area contributed by atoms with E-state index in [9.17, 15) is 4.79 Å². The van der Waals surface area contributed by atoms with Gasteiger partial charge >= 0.3 is 0 Å². The van der Waals surface area contributed by atoms with Crippen LogP contribution in [0.25, 0.3) is 0 Å². The van der Waals surface area contributed by atoms with Crippen LogP contribution in [0.15, 0.2) is 6.07 Å². The zero-order valence-electron chi connectivity index (χ0n) is 17.8. The third-order valence-electron chi connectivity index (χ3n) is 7.71. The van der Waals surface area contributed by atoms with Crippen molar-refractivity contribution in [3.8, 4) is 0 Å². The molecule has 5 fully saturated rings. The Morgan fingerprint density at radius 1 is 1.07 bits per heavy atom. The Bertz CT molecular complexity index is 722. The number of hydrogen-bond acceptors (Lipinski definition) is 5. The smallest absolute Gasteiger partial charge is 0.220 e. The number of hydrogen-bond donors (Lipinski definition) is 2. The maximum Gasteiger partial charge on any atom is 0.220 e. The van der Waals surface area contributed by atoms with Crippen molar-refractivity contribution in [3.05, 3.63) is 11.9 Å². The second-order valence-electron chi connectivity index (χ2n) is 10.2. The molecule has 0 spiro atoms. The van der Waals surface area contributed by atoms with Gasteiger partial charge in [0.25, 0.3) is 0 Å². The predicted molar refractivity (Wildman–Crippen MR) is 115 cm³/mol. The normalized spacial score (nSPS) is 32.6. The van der Waals surface area contributed by atoms with E-state index < -0.39 is 0 Å². The molecular formula is C23H35N5O. The molecule has 2 heterocycles. The molecular weight excluding hydrogens is 362 g/mol. The average molecular weight is 398 g/mol. The molecule has 0 radical (unpaired) electrons. The summed E-state index contributed by atoms with van der Waals surface area (Å²) in [4.78, 5) is 24.1. The molecule has 6 nitrogen and oxygen atoms in total. The molecule has 6 heteroatoms. The van der Waals surface area contributed by atoms with Crippen molar-refractivity contribution in [2.75, 3.05) is 36.4 Å². The standard InChI is InChI=1S/C23H35N5O/c1-16-26-20(11-21(27-16)28-6-2-3-7-28)24-4-5-25-22(29)15-23-12-17-8-18(13-23)10-19(9-17)14-23/h11,17-19H,2-10,12-15H2,1H3,(H,25,29)(H,24,26,27). The Morgan fingerprint density at radius 3 is 2.38 bits per heavy atom. The topological polar surface area (TPSA) is 70.2 Å². The molecule has 0 atom stereocenters. The summed E-state index contributed by atoms with van der Waals surface area (Å²) in [7, 11) is 0. The number of aryl methyl sites for hydroxylation is 1. The molecule has 158 valence electrons. The van der Waals surface area contributed by atoms with E-state index in [1.807, 2.05) is 13.0 Å². The summed E-state index contributed by atoms with van der Waals surface area (Å²) in [5.74, 6) is 5.62.